The van der Waals surface area contributed by atoms with Gasteiger partial charge in [0.1, 0.15) is 0 Å². The maximum atomic E-state index is 11.0. The molecule has 8 nitrogen and oxygen atoms in total. The van der Waals surface area contributed by atoms with Crippen molar-refractivity contribution < 1.29 is 12.9 Å². The zero-order valence-corrected chi connectivity index (χ0v) is 14.3. The van der Waals surface area contributed by atoms with Crippen molar-refractivity contribution in [2.75, 3.05) is 39.5 Å². The third-order valence-electron chi connectivity index (χ3n) is 3.87. The first kappa shape index (κ1) is 17.3. The molecule has 1 N–H and O–H groups in total. The van der Waals surface area contributed by atoms with E-state index in [1.807, 2.05) is 6.92 Å². The van der Waals surface area contributed by atoms with Gasteiger partial charge in [-0.1, -0.05) is 12.1 Å². The van der Waals surface area contributed by atoms with Crippen molar-refractivity contribution in [2.45, 2.75) is 32.4 Å². The molecule has 0 amide bonds. The Morgan fingerprint density at radius 3 is 2.91 bits per heavy atom. The van der Waals surface area contributed by atoms with Crippen molar-refractivity contribution in [3.63, 3.8) is 0 Å². The van der Waals surface area contributed by atoms with E-state index in [2.05, 4.69) is 31.7 Å². The monoisotopic (exact) mass is 331 g/mol. The molecule has 0 saturated carbocycles. The standard InChI is InChI=1S/C13H25N5O3S/c1-4-13-15-12(16-21-13)10-17(2)11-5-7-18(9-11)8-6-14-22(3,19)20/h11,14H,4-10H2,1-3H3. The highest BCUT2D eigenvalue weighted by molar-refractivity contribution is 7.88. The van der Waals surface area contributed by atoms with Crippen molar-refractivity contribution in [3.8, 4) is 0 Å². The highest BCUT2D eigenvalue weighted by Crippen LogP contribution is 2.15. The number of hydrogen-bond acceptors (Lipinski definition) is 7. The summed E-state index contributed by atoms with van der Waals surface area (Å²) < 4.78 is 29.7. The molecule has 1 unspecified atom stereocenters. The molecule has 0 bridgehead atoms. The third kappa shape index (κ3) is 5.31. The Balaban J connectivity index is 1.74. The molecule has 1 aliphatic heterocycles. The minimum absolute atomic E-state index is 0.432. The van der Waals surface area contributed by atoms with Gasteiger partial charge in [-0.25, -0.2) is 13.1 Å². The number of hydrogen-bond donors (Lipinski definition) is 1. The summed E-state index contributed by atoms with van der Waals surface area (Å²) in [7, 11) is -1.04. The van der Waals surface area contributed by atoms with E-state index in [4.69, 9.17) is 4.52 Å². The van der Waals surface area contributed by atoms with Crippen molar-refractivity contribution in [2.24, 2.45) is 0 Å². The van der Waals surface area contributed by atoms with Crippen molar-refractivity contribution in [1.82, 2.24) is 24.7 Å². The molecule has 2 rings (SSSR count). The molecule has 9 heteroatoms. The zero-order chi connectivity index (χ0) is 16.2. The van der Waals surface area contributed by atoms with Crippen LogP contribution >= 0.6 is 0 Å². The van der Waals surface area contributed by atoms with E-state index < -0.39 is 10.0 Å². The first-order chi connectivity index (χ1) is 10.4. The fourth-order valence-electron chi connectivity index (χ4n) is 2.61. The van der Waals surface area contributed by atoms with Crippen LogP contribution in [0.5, 0.6) is 0 Å². The molecule has 0 aromatic carbocycles. The normalized spacial score (nSPS) is 20.1. The molecule has 1 aliphatic rings. The minimum atomic E-state index is -3.10. The smallest absolute Gasteiger partial charge is 0.226 e. The second-order valence-electron chi connectivity index (χ2n) is 5.78. The van der Waals surface area contributed by atoms with E-state index in [0.717, 1.165) is 38.3 Å². The highest BCUT2D eigenvalue weighted by Gasteiger charge is 2.26. The Bertz CT molecular complexity index is 574. The van der Waals surface area contributed by atoms with Crippen LogP contribution in [-0.2, 0) is 23.0 Å². The van der Waals surface area contributed by atoms with E-state index in [9.17, 15) is 8.42 Å². The molecular formula is C13H25N5O3S. The summed E-state index contributed by atoms with van der Waals surface area (Å²) >= 11 is 0. The van der Waals surface area contributed by atoms with E-state index >= 15 is 0 Å². The first-order valence-corrected chi connectivity index (χ1v) is 9.45. The summed E-state index contributed by atoms with van der Waals surface area (Å²) in [5.41, 5.74) is 0. The van der Waals surface area contributed by atoms with Crippen LogP contribution in [0.25, 0.3) is 0 Å². The molecule has 1 saturated heterocycles. The van der Waals surface area contributed by atoms with Crippen LogP contribution in [0.15, 0.2) is 4.52 Å². The Labute approximate surface area is 131 Å². The predicted octanol–water partition coefficient (Wildman–Crippen LogP) is -0.313. The van der Waals surface area contributed by atoms with Crippen molar-refractivity contribution in [1.29, 1.82) is 0 Å². The number of nitrogens with zero attached hydrogens (tertiary/aromatic N) is 4. The minimum Gasteiger partial charge on any atom is -0.339 e. The second-order valence-corrected chi connectivity index (χ2v) is 7.62. The molecule has 2 heterocycles. The van der Waals surface area contributed by atoms with Crippen LogP contribution in [0.1, 0.15) is 25.1 Å². The average molecular weight is 331 g/mol. The van der Waals surface area contributed by atoms with E-state index in [1.54, 1.807) is 0 Å². The van der Waals surface area contributed by atoms with Gasteiger partial charge in [-0.3, -0.25) is 4.90 Å². The number of sulfonamides is 1. The van der Waals surface area contributed by atoms with E-state index in [1.165, 1.54) is 6.26 Å². The summed E-state index contributed by atoms with van der Waals surface area (Å²) in [4.78, 5) is 8.83. The maximum absolute atomic E-state index is 11.0. The largest absolute Gasteiger partial charge is 0.339 e. The summed E-state index contributed by atoms with van der Waals surface area (Å²) in [6, 6.07) is 0.432. The molecule has 0 radical (unpaired) electrons. The van der Waals surface area contributed by atoms with Gasteiger partial charge in [0.05, 0.1) is 12.8 Å². The summed E-state index contributed by atoms with van der Waals surface area (Å²) in [6.07, 6.45) is 3.00. The molecule has 0 spiro atoms. The van der Waals surface area contributed by atoms with Crippen LogP contribution in [0.3, 0.4) is 0 Å². The van der Waals surface area contributed by atoms with Gasteiger partial charge in [-0.05, 0) is 20.0 Å². The summed E-state index contributed by atoms with van der Waals surface area (Å²) in [6.45, 7) is 5.76. The quantitative estimate of drug-likeness (QED) is 0.698. The van der Waals surface area contributed by atoms with Crippen LogP contribution in [-0.4, -0.2) is 73.9 Å². The Hall–Kier alpha value is -1.03. The van der Waals surface area contributed by atoms with Crippen LogP contribution in [0.4, 0.5) is 0 Å². The fraction of sp³-hybridized carbons (Fsp3) is 0.846. The number of likely N-dealkylation sites (N-methyl/N-ethyl adjacent to an activating group) is 1. The van der Waals surface area contributed by atoms with Crippen molar-refractivity contribution in [3.05, 3.63) is 11.7 Å². The Kier molecular flexibility index (Phi) is 5.90. The lowest BCUT2D eigenvalue weighted by atomic mass is 10.2. The van der Waals surface area contributed by atoms with Gasteiger partial charge in [0.15, 0.2) is 5.82 Å². The van der Waals surface area contributed by atoms with E-state index in [-0.39, 0.29) is 0 Å². The van der Waals surface area contributed by atoms with Crippen LogP contribution < -0.4 is 4.72 Å². The number of likely N-dealkylation sites (tertiary alicyclic amines) is 1. The van der Waals surface area contributed by atoms with Gasteiger partial charge in [0.25, 0.3) is 0 Å². The molecule has 126 valence electrons. The number of aryl methyl sites for hydroxylation is 1. The molecule has 1 aromatic rings. The molecule has 1 aromatic heterocycles. The molecule has 0 aliphatic carbocycles. The summed E-state index contributed by atoms with van der Waals surface area (Å²) in [5, 5.41) is 3.98. The molecule has 1 fully saturated rings. The van der Waals surface area contributed by atoms with Gasteiger partial charge in [-0.2, -0.15) is 4.98 Å². The van der Waals surface area contributed by atoms with Gasteiger partial charge >= 0.3 is 0 Å². The van der Waals surface area contributed by atoms with Crippen LogP contribution in [0, 0.1) is 0 Å². The Morgan fingerprint density at radius 2 is 2.27 bits per heavy atom. The molecule has 1 atom stereocenters. The molecule has 22 heavy (non-hydrogen) atoms. The Morgan fingerprint density at radius 1 is 1.50 bits per heavy atom. The predicted molar refractivity (Wildman–Crippen MR) is 82.8 cm³/mol. The van der Waals surface area contributed by atoms with Gasteiger partial charge < -0.3 is 9.42 Å². The number of nitrogens with one attached hydrogen (secondary N) is 1. The lowest BCUT2D eigenvalue weighted by molar-refractivity contribution is 0.218. The third-order valence-corrected chi connectivity index (χ3v) is 4.60. The van der Waals surface area contributed by atoms with Gasteiger partial charge in [-0.15, -0.1) is 0 Å². The average Bonchev–Trinajstić information content (AvgIpc) is 3.06. The summed E-state index contributed by atoms with van der Waals surface area (Å²) in [5.74, 6) is 1.39. The lowest BCUT2D eigenvalue weighted by Gasteiger charge is -2.23. The number of rotatable bonds is 8. The zero-order valence-electron chi connectivity index (χ0n) is 13.4. The topological polar surface area (TPSA) is 91.6 Å². The lowest BCUT2D eigenvalue weighted by Crippen LogP contribution is -2.37. The SMILES string of the molecule is CCc1nc(CN(C)C2CCN(CCNS(C)(=O)=O)C2)no1. The fourth-order valence-corrected chi connectivity index (χ4v) is 3.08. The van der Waals surface area contributed by atoms with Gasteiger partial charge in [0, 0.05) is 32.1 Å². The highest BCUT2D eigenvalue weighted by atomic mass is 32.2. The number of aromatic nitrogens is 2. The second kappa shape index (κ2) is 7.49. The first-order valence-electron chi connectivity index (χ1n) is 7.56. The van der Waals surface area contributed by atoms with Crippen LogP contribution in [0.2, 0.25) is 0 Å². The molecular weight excluding hydrogens is 306 g/mol. The van der Waals surface area contributed by atoms with Crippen molar-refractivity contribution >= 4 is 10.0 Å². The van der Waals surface area contributed by atoms with E-state index in [0.29, 0.717) is 25.0 Å². The van der Waals surface area contributed by atoms with Gasteiger partial charge in [0.2, 0.25) is 15.9 Å². The maximum Gasteiger partial charge on any atom is 0.226 e.